The summed E-state index contributed by atoms with van der Waals surface area (Å²) < 4.78 is 5.39. The summed E-state index contributed by atoms with van der Waals surface area (Å²) in [5.41, 5.74) is 1.36. The van der Waals surface area contributed by atoms with Crippen molar-refractivity contribution in [3.05, 3.63) is 35.9 Å². The van der Waals surface area contributed by atoms with Crippen LogP contribution in [0.5, 0.6) is 0 Å². The van der Waals surface area contributed by atoms with Gasteiger partial charge in [0.25, 0.3) is 0 Å². The molecule has 0 heterocycles. The zero-order valence-electron chi connectivity index (χ0n) is 9.62. The van der Waals surface area contributed by atoms with Gasteiger partial charge in [0, 0.05) is 6.61 Å². The standard InChI is InChI=1S/C11H16O.C2H6/c1-2-9-12-10-8-11-6-4-3-5-7-11;1-2/h3-7H,2,8-10H2,1H3;1-2H3. The van der Waals surface area contributed by atoms with E-state index in [1.165, 1.54) is 5.56 Å². The van der Waals surface area contributed by atoms with Crippen LogP contribution in [-0.2, 0) is 11.2 Å². The smallest absolute Gasteiger partial charge is 0.0506 e. The summed E-state index contributed by atoms with van der Waals surface area (Å²) in [5.74, 6) is 0. The number of rotatable bonds is 5. The fraction of sp³-hybridized carbons (Fsp3) is 0.538. The first kappa shape index (κ1) is 13.2. The summed E-state index contributed by atoms with van der Waals surface area (Å²) in [6.07, 6.45) is 2.13. The van der Waals surface area contributed by atoms with E-state index < -0.39 is 0 Å². The topological polar surface area (TPSA) is 9.23 Å². The first-order valence-corrected chi connectivity index (χ1v) is 5.55. The highest BCUT2D eigenvalue weighted by atomic mass is 16.5. The van der Waals surface area contributed by atoms with Crippen LogP contribution in [0.2, 0.25) is 0 Å². The molecule has 1 aromatic carbocycles. The molecule has 1 aromatic rings. The molecular weight excluding hydrogens is 172 g/mol. The second-order valence-electron chi connectivity index (χ2n) is 2.85. The van der Waals surface area contributed by atoms with Crippen LogP contribution in [0.1, 0.15) is 32.8 Å². The number of ether oxygens (including phenoxy) is 1. The summed E-state index contributed by atoms with van der Waals surface area (Å²) in [5, 5.41) is 0. The van der Waals surface area contributed by atoms with Gasteiger partial charge in [-0.15, -0.1) is 0 Å². The molecule has 1 rings (SSSR count). The van der Waals surface area contributed by atoms with Crippen molar-refractivity contribution in [2.45, 2.75) is 33.6 Å². The van der Waals surface area contributed by atoms with Crippen LogP contribution in [0.25, 0.3) is 0 Å². The molecule has 0 aliphatic heterocycles. The third-order valence-electron chi connectivity index (χ3n) is 1.73. The molecule has 1 heteroatoms. The van der Waals surface area contributed by atoms with E-state index in [1.807, 2.05) is 19.9 Å². The average Bonchev–Trinajstić information content (AvgIpc) is 2.29. The largest absolute Gasteiger partial charge is 0.381 e. The lowest BCUT2D eigenvalue weighted by Gasteiger charge is -2.01. The number of hydrogen-bond donors (Lipinski definition) is 0. The van der Waals surface area contributed by atoms with Crippen molar-refractivity contribution in [2.24, 2.45) is 0 Å². The van der Waals surface area contributed by atoms with Gasteiger partial charge in [-0.25, -0.2) is 0 Å². The Hall–Kier alpha value is -0.820. The maximum absolute atomic E-state index is 5.39. The Morgan fingerprint density at radius 3 is 2.21 bits per heavy atom. The van der Waals surface area contributed by atoms with Crippen LogP contribution in [0.3, 0.4) is 0 Å². The van der Waals surface area contributed by atoms with Gasteiger partial charge in [-0.05, 0) is 18.4 Å². The molecule has 0 aliphatic carbocycles. The molecule has 0 spiro atoms. The summed E-state index contributed by atoms with van der Waals surface area (Å²) in [7, 11) is 0. The first-order chi connectivity index (χ1) is 6.93. The van der Waals surface area contributed by atoms with Crippen molar-refractivity contribution in [3.63, 3.8) is 0 Å². The van der Waals surface area contributed by atoms with E-state index in [0.717, 1.165) is 26.1 Å². The molecule has 0 aliphatic rings. The maximum atomic E-state index is 5.39. The van der Waals surface area contributed by atoms with E-state index in [9.17, 15) is 0 Å². The van der Waals surface area contributed by atoms with E-state index in [2.05, 4.69) is 31.2 Å². The van der Waals surface area contributed by atoms with E-state index in [4.69, 9.17) is 4.74 Å². The van der Waals surface area contributed by atoms with Gasteiger partial charge in [0.05, 0.1) is 6.61 Å². The Bertz CT molecular complexity index is 194. The fourth-order valence-corrected chi connectivity index (χ4v) is 1.08. The molecule has 0 bridgehead atoms. The van der Waals surface area contributed by atoms with Gasteiger partial charge < -0.3 is 4.74 Å². The van der Waals surface area contributed by atoms with Crippen LogP contribution in [-0.4, -0.2) is 13.2 Å². The van der Waals surface area contributed by atoms with Gasteiger partial charge >= 0.3 is 0 Å². The first-order valence-electron chi connectivity index (χ1n) is 5.55. The normalized spacial score (nSPS) is 9.07. The van der Waals surface area contributed by atoms with Gasteiger partial charge in [-0.2, -0.15) is 0 Å². The monoisotopic (exact) mass is 194 g/mol. The second kappa shape index (κ2) is 10.3. The molecule has 14 heavy (non-hydrogen) atoms. The third kappa shape index (κ3) is 6.67. The molecule has 0 saturated carbocycles. The second-order valence-corrected chi connectivity index (χ2v) is 2.85. The van der Waals surface area contributed by atoms with Crippen LogP contribution in [0.15, 0.2) is 30.3 Å². The number of hydrogen-bond acceptors (Lipinski definition) is 1. The summed E-state index contributed by atoms with van der Waals surface area (Å²) >= 11 is 0. The zero-order chi connectivity index (χ0) is 10.6. The highest BCUT2D eigenvalue weighted by Gasteiger charge is 1.90. The highest BCUT2D eigenvalue weighted by molar-refractivity contribution is 5.14. The minimum absolute atomic E-state index is 0.845. The van der Waals surface area contributed by atoms with Gasteiger partial charge in [0.2, 0.25) is 0 Å². The Labute approximate surface area is 88.1 Å². The van der Waals surface area contributed by atoms with E-state index in [-0.39, 0.29) is 0 Å². The maximum Gasteiger partial charge on any atom is 0.0506 e. The Balaban J connectivity index is 0.000000791. The Morgan fingerprint density at radius 1 is 1.00 bits per heavy atom. The lowest BCUT2D eigenvalue weighted by molar-refractivity contribution is 0.138. The van der Waals surface area contributed by atoms with E-state index in [1.54, 1.807) is 0 Å². The molecule has 1 nitrogen and oxygen atoms in total. The van der Waals surface area contributed by atoms with Crippen molar-refractivity contribution < 1.29 is 4.74 Å². The molecule has 80 valence electrons. The Morgan fingerprint density at radius 2 is 1.64 bits per heavy atom. The lowest BCUT2D eigenvalue weighted by atomic mass is 10.2. The molecule has 0 N–H and O–H groups in total. The molecule has 0 fully saturated rings. The predicted molar refractivity (Wildman–Crippen MR) is 62.6 cm³/mol. The molecule has 0 radical (unpaired) electrons. The molecule has 0 aromatic heterocycles. The van der Waals surface area contributed by atoms with Crippen LogP contribution in [0.4, 0.5) is 0 Å². The lowest BCUT2D eigenvalue weighted by Crippen LogP contribution is -1.98. The predicted octanol–water partition coefficient (Wildman–Crippen LogP) is 3.68. The zero-order valence-corrected chi connectivity index (χ0v) is 9.62. The summed E-state index contributed by atoms with van der Waals surface area (Å²) in [6.45, 7) is 7.85. The SMILES string of the molecule is CC.CCCOCCc1ccccc1. The van der Waals surface area contributed by atoms with E-state index >= 15 is 0 Å². The van der Waals surface area contributed by atoms with Crippen molar-refractivity contribution in [3.8, 4) is 0 Å². The van der Waals surface area contributed by atoms with Gasteiger partial charge in [-0.3, -0.25) is 0 Å². The molecule has 0 unspecified atom stereocenters. The quantitative estimate of drug-likeness (QED) is 0.650. The molecule has 0 atom stereocenters. The van der Waals surface area contributed by atoms with Crippen LogP contribution in [0, 0.1) is 0 Å². The van der Waals surface area contributed by atoms with Gasteiger partial charge in [0.15, 0.2) is 0 Å². The van der Waals surface area contributed by atoms with Crippen molar-refractivity contribution in [1.82, 2.24) is 0 Å². The Kier molecular flexibility index (Phi) is 9.66. The minimum atomic E-state index is 0.845. The summed E-state index contributed by atoms with van der Waals surface area (Å²) in [4.78, 5) is 0. The van der Waals surface area contributed by atoms with Gasteiger partial charge in [-0.1, -0.05) is 51.1 Å². The molecular formula is C13H22O. The highest BCUT2D eigenvalue weighted by Crippen LogP contribution is 1.99. The average molecular weight is 194 g/mol. The van der Waals surface area contributed by atoms with Crippen molar-refractivity contribution in [1.29, 1.82) is 0 Å². The fourth-order valence-electron chi connectivity index (χ4n) is 1.08. The molecule has 0 saturated heterocycles. The van der Waals surface area contributed by atoms with Crippen LogP contribution >= 0.6 is 0 Å². The van der Waals surface area contributed by atoms with Crippen molar-refractivity contribution in [2.75, 3.05) is 13.2 Å². The van der Waals surface area contributed by atoms with Gasteiger partial charge in [0.1, 0.15) is 0 Å². The van der Waals surface area contributed by atoms with Crippen LogP contribution < -0.4 is 0 Å². The third-order valence-corrected chi connectivity index (χ3v) is 1.73. The molecule has 0 amide bonds. The number of benzene rings is 1. The van der Waals surface area contributed by atoms with Crippen molar-refractivity contribution >= 4 is 0 Å². The minimum Gasteiger partial charge on any atom is -0.381 e. The summed E-state index contributed by atoms with van der Waals surface area (Å²) in [6, 6.07) is 10.4. The van der Waals surface area contributed by atoms with E-state index in [0.29, 0.717) is 0 Å².